The lowest BCUT2D eigenvalue weighted by atomic mass is 9.90. The van der Waals surface area contributed by atoms with E-state index < -0.39 is 0 Å². The molecule has 0 saturated carbocycles. The number of piperidine rings is 1. The lowest BCUT2D eigenvalue weighted by Gasteiger charge is -2.36. The maximum absolute atomic E-state index is 12.1. The Kier molecular flexibility index (Phi) is 4.74. The van der Waals surface area contributed by atoms with E-state index in [1.165, 1.54) is 0 Å². The lowest BCUT2D eigenvalue weighted by molar-refractivity contribution is -0.127. The molecule has 19 heavy (non-hydrogen) atoms. The molecule has 0 aromatic heterocycles. The first kappa shape index (κ1) is 13.8. The van der Waals surface area contributed by atoms with Crippen LogP contribution in [0.3, 0.4) is 0 Å². The molecule has 1 heterocycles. The molecule has 102 valence electrons. The molecule has 1 aliphatic heterocycles. The van der Waals surface area contributed by atoms with Crippen molar-refractivity contribution in [2.24, 2.45) is 11.7 Å². The molecule has 2 rings (SSSR count). The number of likely N-dealkylation sites (tertiary alicyclic amines) is 1. The van der Waals surface area contributed by atoms with E-state index >= 15 is 0 Å². The predicted octanol–water partition coefficient (Wildman–Crippen LogP) is 2.29. The highest BCUT2D eigenvalue weighted by Gasteiger charge is 2.26. The van der Waals surface area contributed by atoms with Crippen LogP contribution in [0.25, 0.3) is 6.08 Å². The number of carbonyl (C=O) groups is 1. The number of nitrogens with two attached hydrogens (primary N) is 1. The zero-order valence-corrected chi connectivity index (χ0v) is 11.5. The maximum atomic E-state index is 12.1. The SMILES string of the molecule is CCC1CN(C(=O)/C=C/c2ccccc2)CCC1N. The topological polar surface area (TPSA) is 46.3 Å². The van der Waals surface area contributed by atoms with Crippen molar-refractivity contribution in [3.8, 4) is 0 Å². The molecule has 0 bridgehead atoms. The van der Waals surface area contributed by atoms with Crippen molar-refractivity contribution in [1.29, 1.82) is 0 Å². The van der Waals surface area contributed by atoms with E-state index in [0.29, 0.717) is 5.92 Å². The summed E-state index contributed by atoms with van der Waals surface area (Å²) >= 11 is 0. The molecule has 2 N–H and O–H groups in total. The van der Waals surface area contributed by atoms with Crippen LogP contribution in [0.15, 0.2) is 36.4 Å². The van der Waals surface area contributed by atoms with Gasteiger partial charge in [-0.1, -0.05) is 43.7 Å². The van der Waals surface area contributed by atoms with Crippen LogP contribution in [-0.2, 0) is 4.79 Å². The van der Waals surface area contributed by atoms with Crippen LogP contribution in [0.4, 0.5) is 0 Å². The summed E-state index contributed by atoms with van der Waals surface area (Å²) in [5.41, 5.74) is 7.11. The zero-order valence-electron chi connectivity index (χ0n) is 11.5. The van der Waals surface area contributed by atoms with E-state index in [4.69, 9.17) is 5.73 Å². The molecule has 3 nitrogen and oxygen atoms in total. The Morgan fingerprint density at radius 3 is 2.84 bits per heavy atom. The van der Waals surface area contributed by atoms with Gasteiger partial charge in [0.2, 0.25) is 5.91 Å². The van der Waals surface area contributed by atoms with Gasteiger partial charge in [0.1, 0.15) is 0 Å². The minimum Gasteiger partial charge on any atom is -0.339 e. The number of rotatable bonds is 3. The summed E-state index contributed by atoms with van der Waals surface area (Å²) in [6.45, 7) is 3.70. The Morgan fingerprint density at radius 2 is 2.16 bits per heavy atom. The average Bonchev–Trinajstić information content (AvgIpc) is 2.46. The Hall–Kier alpha value is -1.61. The van der Waals surface area contributed by atoms with Gasteiger partial charge in [0.15, 0.2) is 0 Å². The Labute approximate surface area is 115 Å². The summed E-state index contributed by atoms with van der Waals surface area (Å²) in [6.07, 6.45) is 5.48. The van der Waals surface area contributed by atoms with Crippen molar-refractivity contribution in [2.75, 3.05) is 13.1 Å². The Bertz CT molecular complexity index is 441. The van der Waals surface area contributed by atoms with Gasteiger partial charge in [0.25, 0.3) is 0 Å². The minimum absolute atomic E-state index is 0.0919. The van der Waals surface area contributed by atoms with E-state index in [-0.39, 0.29) is 11.9 Å². The number of nitrogens with zero attached hydrogens (tertiary/aromatic N) is 1. The number of benzene rings is 1. The molecule has 1 fully saturated rings. The van der Waals surface area contributed by atoms with Gasteiger partial charge in [-0.25, -0.2) is 0 Å². The quantitative estimate of drug-likeness (QED) is 0.846. The number of hydrogen-bond acceptors (Lipinski definition) is 2. The molecule has 0 radical (unpaired) electrons. The number of carbonyl (C=O) groups excluding carboxylic acids is 1. The smallest absolute Gasteiger partial charge is 0.246 e. The Balaban J connectivity index is 1.95. The first-order valence-corrected chi connectivity index (χ1v) is 6.98. The molecule has 2 atom stereocenters. The molecule has 2 unspecified atom stereocenters. The highest BCUT2D eigenvalue weighted by molar-refractivity contribution is 5.91. The van der Waals surface area contributed by atoms with Gasteiger partial charge in [-0.15, -0.1) is 0 Å². The molecule has 1 aromatic carbocycles. The fraction of sp³-hybridized carbons (Fsp3) is 0.438. The summed E-state index contributed by atoms with van der Waals surface area (Å²) in [5.74, 6) is 0.525. The molecule has 0 spiro atoms. The van der Waals surface area contributed by atoms with Gasteiger partial charge in [-0.3, -0.25) is 4.79 Å². The fourth-order valence-electron chi connectivity index (χ4n) is 2.52. The van der Waals surface area contributed by atoms with Gasteiger partial charge in [-0.2, -0.15) is 0 Å². The monoisotopic (exact) mass is 258 g/mol. The summed E-state index contributed by atoms with van der Waals surface area (Å²) in [6, 6.07) is 10.1. The van der Waals surface area contributed by atoms with Crippen LogP contribution in [0, 0.1) is 5.92 Å². The number of hydrogen-bond donors (Lipinski definition) is 1. The van der Waals surface area contributed by atoms with Crippen molar-refractivity contribution >= 4 is 12.0 Å². The fourth-order valence-corrected chi connectivity index (χ4v) is 2.52. The third-order valence-corrected chi connectivity index (χ3v) is 3.85. The first-order valence-electron chi connectivity index (χ1n) is 6.98. The van der Waals surface area contributed by atoms with Gasteiger partial charge >= 0.3 is 0 Å². The van der Waals surface area contributed by atoms with E-state index in [1.807, 2.05) is 41.3 Å². The van der Waals surface area contributed by atoms with Gasteiger partial charge in [-0.05, 0) is 24.0 Å². The standard InChI is InChI=1S/C16H22N2O/c1-2-14-12-18(11-10-15(14)17)16(19)9-8-13-6-4-3-5-7-13/h3-9,14-15H,2,10-12,17H2,1H3/b9-8+. The van der Waals surface area contributed by atoms with Crippen LogP contribution in [0.5, 0.6) is 0 Å². The van der Waals surface area contributed by atoms with Crippen LogP contribution in [-0.4, -0.2) is 29.9 Å². The third kappa shape index (κ3) is 3.67. The predicted molar refractivity (Wildman–Crippen MR) is 78.4 cm³/mol. The average molecular weight is 258 g/mol. The van der Waals surface area contributed by atoms with Crippen molar-refractivity contribution < 1.29 is 4.79 Å². The molecule has 0 aliphatic carbocycles. The second kappa shape index (κ2) is 6.53. The molecule has 1 aromatic rings. The van der Waals surface area contributed by atoms with E-state index in [1.54, 1.807) is 6.08 Å². The molecule has 3 heteroatoms. The van der Waals surface area contributed by atoms with Crippen molar-refractivity contribution in [2.45, 2.75) is 25.8 Å². The molecular weight excluding hydrogens is 236 g/mol. The molecular formula is C16H22N2O. The molecule has 1 amide bonds. The molecule has 1 saturated heterocycles. The summed E-state index contributed by atoms with van der Waals surface area (Å²) in [5, 5.41) is 0. The third-order valence-electron chi connectivity index (χ3n) is 3.85. The van der Waals surface area contributed by atoms with E-state index in [0.717, 1.165) is 31.5 Å². The summed E-state index contributed by atoms with van der Waals surface area (Å²) < 4.78 is 0. The van der Waals surface area contributed by atoms with Gasteiger partial charge in [0.05, 0.1) is 0 Å². The Morgan fingerprint density at radius 1 is 1.42 bits per heavy atom. The number of amides is 1. The largest absolute Gasteiger partial charge is 0.339 e. The maximum Gasteiger partial charge on any atom is 0.246 e. The van der Waals surface area contributed by atoms with Gasteiger partial charge in [0, 0.05) is 25.2 Å². The zero-order chi connectivity index (χ0) is 13.7. The highest BCUT2D eigenvalue weighted by Crippen LogP contribution is 2.18. The molecule has 1 aliphatic rings. The highest BCUT2D eigenvalue weighted by atomic mass is 16.2. The van der Waals surface area contributed by atoms with Gasteiger partial charge < -0.3 is 10.6 Å². The van der Waals surface area contributed by atoms with Crippen molar-refractivity contribution in [3.63, 3.8) is 0 Å². The van der Waals surface area contributed by atoms with Crippen LogP contribution < -0.4 is 5.73 Å². The van der Waals surface area contributed by atoms with E-state index in [2.05, 4.69) is 6.92 Å². The summed E-state index contributed by atoms with van der Waals surface area (Å²) in [7, 11) is 0. The second-order valence-electron chi connectivity index (χ2n) is 5.15. The van der Waals surface area contributed by atoms with Crippen LogP contribution >= 0.6 is 0 Å². The normalized spacial score (nSPS) is 23.8. The van der Waals surface area contributed by atoms with Crippen molar-refractivity contribution in [1.82, 2.24) is 4.90 Å². The van der Waals surface area contributed by atoms with Crippen molar-refractivity contribution in [3.05, 3.63) is 42.0 Å². The minimum atomic E-state index is 0.0919. The van der Waals surface area contributed by atoms with Crippen LogP contribution in [0.1, 0.15) is 25.3 Å². The summed E-state index contributed by atoms with van der Waals surface area (Å²) in [4.78, 5) is 14.1. The first-order chi connectivity index (χ1) is 9.20. The second-order valence-corrected chi connectivity index (χ2v) is 5.15. The van der Waals surface area contributed by atoms with E-state index in [9.17, 15) is 4.79 Å². The van der Waals surface area contributed by atoms with Crippen LogP contribution in [0.2, 0.25) is 0 Å². The lowest BCUT2D eigenvalue weighted by Crippen LogP contribution is -2.48.